The van der Waals surface area contributed by atoms with E-state index >= 15 is 0 Å². The molecule has 0 aliphatic carbocycles. The van der Waals surface area contributed by atoms with Crippen LogP contribution in [0, 0.1) is 6.92 Å². The topological polar surface area (TPSA) is 22.1 Å². The number of pyridine rings is 1. The van der Waals surface area contributed by atoms with E-state index in [1.54, 1.807) is 0 Å². The van der Waals surface area contributed by atoms with Gasteiger partial charge in [0.05, 0.1) is 11.6 Å². The highest BCUT2D eigenvalue weighted by Gasteiger charge is 2.10. The second-order valence-electron chi connectivity index (χ2n) is 5.65. The van der Waals surface area contributed by atoms with Crippen LogP contribution in [0.5, 0.6) is 5.75 Å². The monoisotopic (exact) mass is 311 g/mol. The van der Waals surface area contributed by atoms with Crippen molar-refractivity contribution in [3.05, 3.63) is 59.2 Å². The average Bonchev–Trinajstić information content (AvgIpc) is 2.46. The molecule has 1 aromatic heterocycles. The standard InChI is InChI=1S/C19H18ClNO/c1-12(2)22-14-8-9-16-17(11-19(20)21-18(16)10-14)15-7-5-4-6-13(15)3/h4-12H,1-3H3. The lowest BCUT2D eigenvalue weighted by molar-refractivity contribution is 0.242. The fourth-order valence-electron chi connectivity index (χ4n) is 2.62. The zero-order valence-corrected chi connectivity index (χ0v) is 13.7. The van der Waals surface area contributed by atoms with Crippen molar-refractivity contribution in [3.8, 4) is 16.9 Å². The van der Waals surface area contributed by atoms with Gasteiger partial charge in [-0.3, -0.25) is 0 Å². The van der Waals surface area contributed by atoms with Gasteiger partial charge in [-0.1, -0.05) is 35.9 Å². The second-order valence-corrected chi connectivity index (χ2v) is 6.04. The maximum Gasteiger partial charge on any atom is 0.130 e. The van der Waals surface area contributed by atoms with E-state index in [0.717, 1.165) is 22.2 Å². The van der Waals surface area contributed by atoms with Gasteiger partial charge in [0.1, 0.15) is 10.9 Å². The van der Waals surface area contributed by atoms with Crippen LogP contribution in [0.1, 0.15) is 19.4 Å². The summed E-state index contributed by atoms with van der Waals surface area (Å²) < 4.78 is 5.75. The van der Waals surface area contributed by atoms with Gasteiger partial charge < -0.3 is 4.74 Å². The van der Waals surface area contributed by atoms with Crippen LogP contribution in [0.2, 0.25) is 5.15 Å². The smallest absolute Gasteiger partial charge is 0.130 e. The molecular formula is C19H18ClNO. The normalized spacial score (nSPS) is 11.1. The molecule has 0 amide bonds. The fraction of sp³-hybridized carbons (Fsp3) is 0.211. The molecule has 0 aliphatic heterocycles. The highest BCUT2D eigenvalue weighted by Crippen LogP contribution is 2.33. The van der Waals surface area contributed by atoms with E-state index in [9.17, 15) is 0 Å². The van der Waals surface area contributed by atoms with E-state index in [0.29, 0.717) is 5.15 Å². The SMILES string of the molecule is Cc1ccccc1-c1cc(Cl)nc2cc(OC(C)C)ccc12. The minimum Gasteiger partial charge on any atom is -0.491 e. The van der Waals surface area contributed by atoms with Gasteiger partial charge in [-0.2, -0.15) is 0 Å². The third-order valence-corrected chi connectivity index (χ3v) is 3.75. The van der Waals surface area contributed by atoms with E-state index < -0.39 is 0 Å². The molecule has 2 aromatic carbocycles. The fourth-order valence-corrected chi connectivity index (χ4v) is 2.82. The largest absolute Gasteiger partial charge is 0.491 e. The summed E-state index contributed by atoms with van der Waals surface area (Å²) in [4.78, 5) is 4.44. The second kappa shape index (κ2) is 5.98. The predicted molar refractivity (Wildman–Crippen MR) is 92.7 cm³/mol. The average molecular weight is 312 g/mol. The molecule has 0 saturated heterocycles. The summed E-state index contributed by atoms with van der Waals surface area (Å²) in [6.45, 7) is 6.12. The quantitative estimate of drug-likeness (QED) is 0.583. The lowest BCUT2D eigenvalue weighted by atomic mass is 9.97. The van der Waals surface area contributed by atoms with E-state index in [1.807, 2.05) is 44.2 Å². The summed E-state index contributed by atoms with van der Waals surface area (Å²) in [5.41, 5.74) is 4.34. The molecule has 3 aromatic rings. The molecule has 0 aliphatic rings. The molecular weight excluding hydrogens is 294 g/mol. The number of ether oxygens (including phenoxy) is 1. The van der Waals surface area contributed by atoms with Crippen molar-refractivity contribution in [1.82, 2.24) is 4.98 Å². The lowest BCUT2D eigenvalue weighted by Gasteiger charge is -2.13. The molecule has 3 rings (SSSR count). The molecule has 1 heterocycles. The Labute approximate surface area is 135 Å². The number of hydrogen-bond acceptors (Lipinski definition) is 2. The van der Waals surface area contributed by atoms with Gasteiger partial charge in [0.25, 0.3) is 0 Å². The first-order chi connectivity index (χ1) is 10.5. The van der Waals surface area contributed by atoms with Gasteiger partial charge >= 0.3 is 0 Å². The zero-order valence-electron chi connectivity index (χ0n) is 12.9. The number of aromatic nitrogens is 1. The Balaban J connectivity index is 2.21. The van der Waals surface area contributed by atoms with E-state index in [-0.39, 0.29) is 6.10 Å². The lowest BCUT2D eigenvalue weighted by Crippen LogP contribution is -2.05. The van der Waals surface area contributed by atoms with Crippen molar-refractivity contribution in [3.63, 3.8) is 0 Å². The Kier molecular flexibility index (Phi) is 4.04. The van der Waals surface area contributed by atoms with Crippen molar-refractivity contribution in [2.75, 3.05) is 0 Å². The minimum absolute atomic E-state index is 0.132. The van der Waals surface area contributed by atoms with Crippen LogP contribution in [0.25, 0.3) is 22.0 Å². The number of aryl methyl sites for hydroxylation is 1. The highest BCUT2D eigenvalue weighted by molar-refractivity contribution is 6.30. The highest BCUT2D eigenvalue weighted by atomic mass is 35.5. The summed E-state index contributed by atoms with van der Waals surface area (Å²) in [7, 11) is 0. The molecule has 0 N–H and O–H groups in total. The van der Waals surface area contributed by atoms with Crippen molar-refractivity contribution in [1.29, 1.82) is 0 Å². The minimum atomic E-state index is 0.132. The number of fused-ring (bicyclic) bond motifs is 1. The number of benzene rings is 2. The number of hydrogen-bond donors (Lipinski definition) is 0. The maximum atomic E-state index is 6.23. The Hall–Kier alpha value is -2.06. The molecule has 0 saturated carbocycles. The van der Waals surface area contributed by atoms with Gasteiger partial charge in [0, 0.05) is 11.5 Å². The summed E-state index contributed by atoms with van der Waals surface area (Å²) in [5.74, 6) is 0.813. The van der Waals surface area contributed by atoms with Gasteiger partial charge in [-0.25, -0.2) is 4.98 Å². The zero-order chi connectivity index (χ0) is 15.7. The molecule has 112 valence electrons. The van der Waals surface area contributed by atoms with E-state index in [2.05, 4.69) is 30.1 Å². The van der Waals surface area contributed by atoms with Gasteiger partial charge in [0.2, 0.25) is 0 Å². The molecule has 22 heavy (non-hydrogen) atoms. The molecule has 3 heteroatoms. The first kappa shape index (κ1) is 14.9. The Morgan fingerprint density at radius 2 is 1.77 bits per heavy atom. The summed E-state index contributed by atoms with van der Waals surface area (Å²) in [5, 5.41) is 1.57. The van der Waals surface area contributed by atoms with Gasteiger partial charge in [0.15, 0.2) is 0 Å². The van der Waals surface area contributed by atoms with Crippen LogP contribution in [-0.2, 0) is 0 Å². The van der Waals surface area contributed by atoms with Crippen molar-refractivity contribution < 1.29 is 4.74 Å². The molecule has 0 atom stereocenters. The third kappa shape index (κ3) is 2.93. The van der Waals surface area contributed by atoms with Crippen LogP contribution in [-0.4, -0.2) is 11.1 Å². The number of halogens is 1. The van der Waals surface area contributed by atoms with Gasteiger partial charge in [-0.05, 0) is 55.7 Å². The Morgan fingerprint density at radius 1 is 1.00 bits per heavy atom. The number of rotatable bonds is 3. The van der Waals surface area contributed by atoms with Crippen LogP contribution in [0.15, 0.2) is 48.5 Å². The summed E-state index contributed by atoms with van der Waals surface area (Å²) in [6.07, 6.45) is 0.132. The van der Waals surface area contributed by atoms with E-state index in [1.165, 1.54) is 11.1 Å². The molecule has 0 radical (unpaired) electrons. The van der Waals surface area contributed by atoms with Gasteiger partial charge in [-0.15, -0.1) is 0 Å². The van der Waals surface area contributed by atoms with Crippen molar-refractivity contribution in [2.24, 2.45) is 0 Å². The summed E-state index contributed by atoms with van der Waals surface area (Å²) in [6, 6.07) is 16.2. The Morgan fingerprint density at radius 3 is 2.50 bits per heavy atom. The molecule has 0 spiro atoms. The van der Waals surface area contributed by atoms with Crippen LogP contribution in [0.3, 0.4) is 0 Å². The molecule has 0 bridgehead atoms. The van der Waals surface area contributed by atoms with Crippen LogP contribution in [0.4, 0.5) is 0 Å². The van der Waals surface area contributed by atoms with Crippen molar-refractivity contribution >= 4 is 22.5 Å². The predicted octanol–water partition coefficient (Wildman–Crippen LogP) is 5.65. The molecule has 2 nitrogen and oxygen atoms in total. The number of nitrogens with zero attached hydrogens (tertiary/aromatic N) is 1. The maximum absolute atomic E-state index is 6.23. The van der Waals surface area contributed by atoms with Crippen LogP contribution >= 0.6 is 11.6 Å². The first-order valence-electron chi connectivity index (χ1n) is 7.37. The Bertz CT molecular complexity index is 827. The van der Waals surface area contributed by atoms with E-state index in [4.69, 9.17) is 16.3 Å². The third-order valence-electron chi connectivity index (χ3n) is 3.56. The molecule has 0 unspecified atom stereocenters. The molecule has 0 fully saturated rings. The first-order valence-corrected chi connectivity index (χ1v) is 7.75. The van der Waals surface area contributed by atoms with Crippen molar-refractivity contribution in [2.45, 2.75) is 26.9 Å². The summed E-state index contributed by atoms with van der Waals surface area (Å²) >= 11 is 6.23. The van der Waals surface area contributed by atoms with Crippen LogP contribution < -0.4 is 4.74 Å².